The Morgan fingerprint density at radius 3 is 2.41 bits per heavy atom. The molecule has 22 heavy (non-hydrogen) atoms. The third-order valence-electron chi connectivity index (χ3n) is 2.89. The van der Waals surface area contributed by atoms with Crippen molar-refractivity contribution in [1.29, 1.82) is 0 Å². The molecule has 0 saturated carbocycles. The van der Waals surface area contributed by atoms with Gasteiger partial charge in [0.15, 0.2) is 0 Å². The van der Waals surface area contributed by atoms with Gasteiger partial charge in [-0.05, 0) is 35.9 Å². The molecular formula is C17H14ClNO3. The van der Waals surface area contributed by atoms with Crippen LogP contribution in [0.15, 0.2) is 54.6 Å². The molecule has 2 rings (SSSR count). The molecule has 0 aliphatic carbocycles. The molecule has 0 aromatic heterocycles. The molecule has 0 radical (unpaired) electrons. The highest BCUT2D eigenvalue weighted by molar-refractivity contribution is 6.33. The number of carbonyl (C=O) groups is 2. The number of methoxy groups -OCH3 is 1. The van der Waals surface area contributed by atoms with Gasteiger partial charge in [-0.15, -0.1) is 0 Å². The van der Waals surface area contributed by atoms with Crippen LogP contribution in [0.4, 0.5) is 5.69 Å². The Morgan fingerprint density at radius 1 is 1.09 bits per heavy atom. The Labute approximate surface area is 133 Å². The van der Waals surface area contributed by atoms with Crippen LogP contribution in [0.25, 0.3) is 6.08 Å². The molecule has 2 aromatic rings. The van der Waals surface area contributed by atoms with Crippen molar-refractivity contribution in [3.05, 3.63) is 70.8 Å². The minimum absolute atomic E-state index is 0.287. The van der Waals surface area contributed by atoms with Crippen molar-refractivity contribution in [2.24, 2.45) is 0 Å². The summed E-state index contributed by atoms with van der Waals surface area (Å²) < 4.78 is 4.62. The van der Waals surface area contributed by atoms with E-state index in [1.54, 1.807) is 54.6 Å². The smallest absolute Gasteiger partial charge is 0.337 e. The van der Waals surface area contributed by atoms with E-state index in [2.05, 4.69) is 10.1 Å². The van der Waals surface area contributed by atoms with Crippen LogP contribution in [0, 0.1) is 0 Å². The largest absolute Gasteiger partial charge is 0.465 e. The van der Waals surface area contributed by atoms with E-state index < -0.39 is 5.97 Å². The second kappa shape index (κ2) is 7.43. The normalized spacial score (nSPS) is 10.5. The highest BCUT2D eigenvalue weighted by Crippen LogP contribution is 2.20. The molecule has 1 N–H and O–H groups in total. The van der Waals surface area contributed by atoms with Crippen molar-refractivity contribution in [1.82, 2.24) is 0 Å². The van der Waals surface area contributed by atoms with E-state index >= 15 is 0 Å². The van der Waals surface area contributed by atoms with E-state index in [0.29, 0.717) is 16.3 Å². The Bertz CT molecular complexity index is 708. The zero-order valence-electron chi connectivity index (χ0n) is 11.9. The molecule has 0 fully saturated rings. The number of amides is 1. The van der Waals surface area contributed by atoms with Gasteiger partial charge in [0.05, 0.1) is 23.4 Å². The average molecular weight is 316 g/mol. The quantitative estimate of drug-likeness (QED) is 0.690. The van der Waals surface area contributed by atoms with E-state index in [1.165, 1.54) is 13.2 Å². The summed E-state index contributed by atoms with van der Waals surface area (Å²) >= 11 is 5.96. The summed E-state index contributed by atoms with van der Waals surface area (Å²) in [6.45, 7) is 0. The molecule has 4 nitrogen and oxygen atoms in total. The van der Waals surface area contributed by atoms with Gasteiger partial charge in [-0.2, -0.15) is 0 Å². The molecule has 0 aliphatic heterocycles. The van der Waals surface area contributed by atoms with Crippen LogP contribution in [-0.2, 0) is 9.53 Å². The lowest BCUT2D eigenvalue weighted by molar-refractivity contribution is -0.111. The molecular weight excluding hydrogens is 302 g/mol. The third-order valence-corrected chi connectivity index (χ3v) is 3.22. The number of hydrogen-bond acceptors (Lipinski definition) is 3. The maximum Gasteiger partial charge on any atom is 0.337 e. The molecule has 2 aromatic carbocycles. The SMILES string of the molecule is COC(=O)c1ccc(/C=C/C(=O)Nc2ccccc2Cl)cc1. The first-order valence-corrected chi connectivity index (χ1v) is 6.90. The highest BCUT2D eigenvalue weighted by Gasteiger charge is 2.04. The Hall–Kier alpha value is -2.59. The summed E-state index contributed by atoms with van der Waals surface area (Å²) in [7, 11) is 1.33. The summed E-state index contributed by atoms with van der Waals surface area (Å²) in [5.74, 6) is -0.683. The van der Waals surface area contributed by atoms with Crippen molar-refractivity contribution in [2.45, 2.75) is 0 Å². The maximum atomic E-state index is 11.8. The number of para-hydroxylation sites is 1. The van der Waals surface area contributed by atoms with Crippen LogP contribution in [-0.4, -0.2) is 19.0 Å². The predicted molar refractivity (Wildman–Crippen MR) is 86.9 cm³/mol. The first-order valence-electron chi connectivity index (χ1n) is 6.52. The molecule has 0 atom stereocenters. The molecule has 112 valence electrons. The minimum atomic E-state index is -0.396. The lowest BCUT2D eigenvalue weighted by Crippen LogP contribution is -2.07. The molecule has 1 amide bonds. The molecule has 0 aliphatic rings. The van der Waals surface area contributed by atoms with Gasteiger partial charge in [0.25, 0.3) is 0 Å². The van der Waals surface area contributed by atoms with Crippen molar-refractivity contribution in [3.8, 4) is 0 Å². The fourth-order valence-electron chi connectivity index (χ4n) is 1.76. The second-order valence-corrected chi connectivity index (χ2v) is 4.82. The summed E-state index contributed by atoms with van der Waals surface area (Å²) in [6, 6.07) is 13.7. The highest BCUT2D eigenvalue weighted by atomic mass is 35.5. The zero-order valence-corrected chi connectivity index (χ0v) is 12.6. The number of esters is 1. The Balaban J connectivity index is 2.01. The number of carbonyl (C=O) groups excluding carboxylic acids is 2. The topological polar surface area (TPSA) is 55.4 Å². The van der Waals surface area contributed by atoms with E-state index in [9.17, 15) is 9.59 Å². The van der Waals surface area contributed by atoms with Crippen LogP contribution < -0.4 is 5.32 Å². The fraction of sp³-hybridized carbons (Fsp3) is 0.0588. The molecule has 0 heterocycles. The van der Waals surface area contributed by atoms with Crippen LogP contribution in [0.2, 0.25) is 5.02 Å². The fourth-order valence-corrected chi connectivity index (χ4v) is 1.94. The molecule has 0 saturated heterocycles. The summed E-state index contributed by atoms with van der Waals surface area (Å²) in [4.78, 5) is 23.1. The van der Waals surface area contributed by atoms with Gasteiger partial charge in [0.1, 0.15) is 0 Å². The van der Waals surface area contributed by atoms with Gasteiger partial charge >= 0.3 is 5.97 Å². The van der Waals surface area contributed by atoms with E-state index in [0.717, 1.165) is 5.56 Å². The maximum absolute atomic E-state index is 11.8. The number of rotatable bonds is 4. The van der Waals surface area contributed by atoms with Crippen LogP contribution in [0.3, 0.4) is 0 Å². The standard InChI is InChI=1S/C17H14ClNO3/c1-22-17(21)13-9-6-12(7-10-13)8-11-16(20)19-15-5-3-2-4-14(15)18/h2-11H,1H3,(H,19,20)/b11-8+. The van der Waals surface area contributed by atoms with E-state index in [1.807, 2.05) is 0 Å². The lowest BCUT2D eigenvalue weighted by atomic mass is 10.1. The van der Waals surface area contributed by atoms with Gasteiger partial charge < -0.3 is 10.1 Å². The summed E-state index contributed by atoms with van der Waals surface area (Å²) in [6.07, 6.45) is 3.05. The predicted octanol–water partition coefficient (Wildman–Crippen LogP) is 3.78. The lowest BCUT2D eigenvalue weighted by Gasteiger charge is -2.03. The summed E-state index contributed by atoms with van der Waals surface area (Å²) in [5.41, 5.74) is 1.81. The van der Waals surface area contributed by atoms with Crippen LogP contribution in [0.1, 0.15) is 15.9 Å². The van der Waals surface area contributed by atoms with Gasteiger partial charge in [-0.3, -0.25) is 4.79 Å². The van der Waals surface area contributed by atoms with E-state index in [4.69, 9.17) is 11.6 Å². The first kappa shape index (κ1) is 15.8. The van der Waals surface area contributed by atoms with Crippen LogP contribution in [0.5, 0.6) is 0 Å². The second-order valence-electron chi connectivity index (χ2n) is 4.42. The van der Waals surface area contributed by atoms with Crippen LogP contribution >= 0.6 is 11.6 Å². The van der Waals surface area contributed by atoms with Gasteiger partial charge in [-0.1, -0.05) is 35.9 Å². The number of ether oxygens (including phenoxy) is 1. The van der Waals surface area contributed by atoms with Crippen molar-refractivity contribution >= 4 is 35.2 Å². The molecule has 0 spiro atoms. The third kappa shape index (κ3) is 4.20. The monoisotopic (exact) mass is 315 g/mol. The molecule has 0 unspecified atom stereocenters. The average Bonchev–Trinajstić information content (AvgIpc) is 2.55. The zero-order chi connectivity index (χ0) is 15.9. The van der Waals surface area contributed by atoms with E-state index in [-0.39, 0.29) is 5.91 Å². The molecule has 0 bridgehead atoms. The Morgan fingerprint density at radius 2 is 1.77 bits per heavy atom. The first-order chi connectivity index (χ1) is 10.6. The number of hydrogen-bond donors (Lipinski definition) is 1. The Kier molecular flexibility index (Phi) is 5.33. The molecule has 5 heteroatoms. The number of nitrogens with one attached hydrogen (secondary N) is 1. The minimum Gasteiger partial charge on any atom is -0.465 e. The van der Waals surface area contributed by atoms with Crippen molar-refractivity contribution in [3.63, 3.8) is 0 Å². The van der Waals surface area contributed by atoms with Crippen molar-refractivity contribution < 1.29 is 14.3 Å². The number of benzene rings is 2. The number of halogens is 1. The van der Waals surface area contributed by atoms with Gasteiger partial charge in [0, 0.05) is 6.08 Å². The van der Waals surface area contributed by atoms with Gasteiger partial charge in [-0.25, -0.2) is 4.79 Å². The van der Waals surface area contributed by atoms with Crippen molar-refractivity contribution in [2.75, 3.05) is 12.4 Å². The van der Waals surface area contributed by atoms with Gasteiger partial charge in [0.2, 0.25) is 5.91 Å². The number of anilines is 1. The summed E-state index contributed by atoms with van der Waals surface area (Å²) in [5, 5.41) is 3.17.